The summed E-state index contributed by atoms with van der Waals surface area (Å²) in [6.45, 7) is 8.51. The molecule has 0 unspecified atom stereocenters. The second kappa shape index (κ2) is 9.47. The Kier molecular flexibility index (Phi) is 7.15. The number of aryl methyl sites for hydroxylation is 2. The first-order valence-electron chi connectivity index (χ1n) is 9.93. The number of nitrogens with one attached hydrogen (secondary N) is 1. The molecule has 1 aliphatic heterocycles. The van der Waals surface area contributed by atoms with E-state index in [1.54, 1.807) is 32.9 Å². The molecule has 0 spiro atoms. The van der Waals surface area contributed by atoms with E-state index in [9.17, 15) is 18.0 Å². The van der Waals surface area contributed by atoms with Gasteiger partial charge in [-0.1, -0.05) is 6.07 Å². The zero-order valence-electron chi connectivity index (χ0n) is 18.0. The van der Waals surface area contributed by atoms with Crippen molar-refractivity contribution in [1.82, 2.24) is 4.31 Å². The van der Waals surface area contributed by atoms with Gasteiger partial charge in [0.15, 0.2) is 0 Å². The zero-order valence-corrected chi connectivity index (χ0v) is 19.6. The van der Waals surface area contributed by atoms with Crippen molar-refractivity contribution in [2.75, 3.05) is 38.2 Å². The number of carbonyl (C=O) groups excluding carboxylic acids is 2. The molecule has 168 valence electrons. The molecule has 1 amide bonds. The second-order valence-corrected chi connectivity index (χ2v) is 10.3. The first kappa shape index (κ1) is 23.4. The predicted molar refractivity (Wildman–Crippen MR) is 118 cm³/mol. The maximum absolute atomic E-state index is 13.1. The van der Waals surface area contributed by atoms with Crippen LogP contribution in [0.4, 0.5) is 5.00 Å². The lowest BCUT2D eigenvalue weighted by Gasteiger charge is -2.26. The first-order chi connectivity index (χ1) is 14.7. The Morgan fingerprint density at radius 1 is 1.19 bits per heavy atom. The second-order valence-electron chi connectivity index (χ2n) is 7.16. The predicted octanol–water partition coefficient (Wildman–Crippen LogP) is 3.12. The van der Waals surface area contributed by atoms with Gasteiger partial charge in [-0.2, -0.15) is 4.31 Å². The largest absolute Gasteiger partial charge is 0.462 e. The molecule has 3 rings (SSSR count). The van der Waals surface area contributed by atoms with Gasteiger partial charge >= 0.3 is 5.97 Å². The van der Waals surface area contributed by atoms with Gasteiger partial charge in [0, 0.05) is 23.5 Å². The summed E-state index contributed by atoms with van der Waals surface area (Å²) in [4.78, 5) is 26.3. The maximum Gasteiger partial charge on any atom is 0.341 e. The van der Waals surface area contributed by atoms with Gasteiger partial charge in [-0.25, -0.2) is 13.2 Å². The number of rotatable bonds is 6. The number of thiophene rings is 1. The number of carbonyl (C=O) groups is 2. The fourth-order valence-corrected chi connectivity index (χ4v) is 5.99. The summed E-state index contributed by atoms with van der Waals surface area (Å²) in [5, 5.41) is 3.14. The highest BCUT2D eigenvalue weighted by Crippen LogP contribution is 2.33. The smallest absolute Gasteiger partial charge is 0.341 e. The summed E-state index contributed by atoms with van der Waals surface area (Å²) >= 11 is 1.28. The fourth-order valence-electron chi connectivity index (χ4n) is 3.28. The number of morpholine rings is 1. The van der Waals surface area contributed by atoms with Gasteiger partial charge in [-0.3, -0.25) is 4.79 Å². The Balaban J connectivity index is 1.91. The van der Waals surface area contributed by atoms with Crippen LogP contribution < -0.4 is 5.32 Å². The van der Waals surface area contributed by atoms with Gasteiger partial charge in [-0.05, 0) is 51.0 Å². The normalized spacial score (nSPS) is 15.0. The van der Waals surface area contributed by atoms with E-state index in [1.165, 1.54) is 21.7 Å². The van der Waals surface area contributed by atoms with Crippen LogP contribution in [0.1, 0.15) is 43.6 Å². The van der Waals surface area contributed by atoms with Crippen LogP contribution in [0.25, 0.3) is 0 Å². The molecule has 10 heteroatoms. The number of hydrogen-bond donors (Lipinski definition) is 1. The summed E-state index contributed by atoms with van der Waals surface area (Å²) in [6, 6.07) is 4.56. The lowest BCUT2D eigenvalue weighted by Crippen LogP contribution is -2.40. The van der Waals surface area contributed by atoms with Gasteiger partial charge in [0.2, 0.25) is 10.0 Å². The summed E-state index contributed by atoms with van der Waals surface area (Å²) in [6.07, 6.45) is 0. The van der Waals surface area contributed by atoms with Gasteiger partial charge in [-0.15, -0.1) is 11.3 Å². The molecule has 0 radical (unpaired) electrons. The number of amides is 1. The minimum absolute atomic E-state index is 0.0891. The van der Waals surface area contributed by atoms with E-state index in [-0.39, 0.29) is 30.2 Å². The third kappa shape index (κ3) is 4.82. The Labute approximate surface area is 186 Å². The molecule has 1 saturated heterocycles. The molecular formula is C21H26N2O6S2. The van der Waals surface area contributed by atoms with E-state index in [0.29, 0.717) is 29.3 Å². The molecule has 1 aliphatic rings. The molecule has 2 heterocycles. The van der Waals surface area contributed by atoms with Crippen molar-refractivity contribution in [3.8, 4) is 0 Å². The summed E-state index contributed by atoms with van der Waals surface area (Å²) in [5.41, 5.74) is 1.82. The van der Waals surface area contributed by atoms with Gasteiger partial charge in [0.25, 0.3) is 5.91 Å². The van der Waals surface area contributed by atoms with Crippen molar-refractivity contribution in [3.05, 3.63) is 45.3 Å². The number of benzene rings is 1. The summed E-state index contributed by atoms with van der Waals surface area (Å²) in [5.74, 6) is -0.996. The number of anilines is 1. The molecule has 31 heavy (non-hydrogen) atoms. The third-order valence-corrected chi connectivity index (χ3v) is 8.29. The van der Waals surface area contributed by atoms with E-state index in [4.69, 9.17) is 9.47 Å². The molecule has 8 nitrogen and oxygen atoms in total. The van der Waals surface area contributed by atoms with Crippen molar-refractivity contribution in [3.63, 3.8) is 0 Å². The van der Waals surface area contributed by atoms with Crippen LogP contribution in [0.15, 0.2) is 23.1 Å². The lowest BCUT2D eigenvalue weighted by atomic mass is 10.1. The number of sulfonamides is 1. The number of esters is 1. The Morgan fingerprint density at radius 2 is 1.87 bits per heavy atom. The van der Waals surface area contributed by atoms with Crippen LogP contribution in [0.2, 0.25) is 0 Å². The van der Waals surface area contributed by atoms with Crippen molar-refractivity contribution in [2.24, 2.45) is 0 Å². The van der Waals surface area contributed by atoms with E-state index in [0.717, 1.165) is 10.4 Å². The van der Waals surface area contributed by atoms with Gasteiger partial charge in [0.05, 0.1) is 30.3 Å². The molecule has 1 fully saturated rings. The molecule has 1 aromatic heterocycles. The maximum atomic E-state index is 13.1. The highest BCUT2D eigenvalue weighted by Gasteiger charge is 2.29. The van der Waals surface area contributed by atoms with Crippen LogP contribution in [-0.4, -0.2) is 57.5 Å². The molecule has 2 aromatic rings. The van der Waals surface area contributed by atoms with Crippen LogP contribution in [-0.2, 0) is 19.5 Å². The van der Waals surface area contributed by atoms with E-state index in [1.807, 2.05) is 6.92 Å². The molecule has 0 atom stereocenters. The highest BCUT2D eigenvalue weighted by molar-refractivity contribution is 7.89. The lowest BCUT2D eigenvalue weighted by molar-refractivity contribution is 0.0527. The van der Waals surface area contributed by atoms with Crippen LogP contribution >= 0.6 is 11.3 Å². The topological polar surface area (TPSA) is 102 Å². The van der Waals surface area contributed by atoms with Crippen molar-refractivity contribution >= 4 is 38.2 Å². The molecule has 0 saturated carbocycles. The summed E-state index contributed by atoms with van der Waals surface area (Å²) in [7, 11) is -3.75. The molecule has 1 aromatic carbocycles. The average Bonchev–Trinajstić information content (AvgIpc) is 3.02. The molecule has 0 aliphatic carbocycles. The van der Waals surface area contributed by atoms with E-state index < -0.39 is 21.9 Å². The Hall–Kier alpha value is -2.27. The van der Waals surface area contributed by atoms with Crippen LogP contribution in [0.3, 0.4) is 0 Å². The minimum Gasteiger partial charge on any atom is -0.462 e. The zero-order chi connectivity index (χ0) is 22.8. The molecular weight excluding hydrogens is 440 g/mol. The number of ether oxygens (including phenoxy) is 2. The van der Waals surface area contributed by atoms with Gasteiger partial charge in [0.1, 0.15) is 5.00 Å². The fraction of sp³-hybridized carbons (Fsp3) is 0.429. The SMILES string of the molecule is CCOC(=O)c1c(NC(=O)c2ccc(C)c(S(=O)(=O)N3CCOCC3)c2)sc(C)c1C. The van der Waals surface area contributed by atoms with Crippen molar-refractivity contribution in [1.29, 1.82) is 0 Å². The van der Waals surface area contributed by atoms with Crippen molar-refractivity contribution < 1.29 is 27.5 Å². The molecule has 1 N–H and O–H groups in total. The Bertz CT molecular complexity index is 1100. The standard InChI is InChI=1S/C21H26N2O6S2/c1-5-29-21(25)18-14(3)15(4)30-20(18)22-19(24)16-7-6-13(2)17(12-16)31(26,27)23-8-10-28-11-9-23/h6-7,12H,5,8-11H2,1-4H3,(H,22,24). The molecule has 0 bridgehead atoms. The number of nitrogens with zero attached hydrogens (tertiary/aromatic N) is 1. The van der Waals surface area contributed by atoms with Crippen LogP contribution in [0.5, 0.6) is 0 Å². The summed E-state index contributed by atoms with van der Waals surface area (Å²) < 4.78 is 37.9. The first-order valence-corrected chi connectivity index (χ1v) is 12.2. The van der Waals surface area contributed by atoms with Crippen LogP contribution in [0, 0.1) is 20.8 Å². The van der Waals surface area contributed by atoms with E-state index in [2.05, 4.69) is 5.32 Å². The number of hydrogen-bond acceptors (Lipinski definition) is 7. The average molecular weight is 467 g/mol. The van der Waals surface area contributed by atoms with E-state index >= 15 is 0 Å². The van der Waals surface area contributed by atoms with Crippen molar-refractivity contribution in [2.45, 2.75) is 32.6 Å². The highest BCUT2D eigenvalue weighted by atomic mass is 32.2. The third-order valence-electron chi connectivity index (χ3n) is 5.13. The minimum atomic E-state index is -3.75. The Morgan fingerprint density at radius 3 is 2.52 bits per heavy atom. The van der Waals surface area contributed by atoms with Gasteiger partial charge < -0.3 is 14.8 Å². The quantitative estimate of drug-likeness (QED) is 0.657. The monoisotopic (exact) mass is 466 g/mol.